The Hall–Kier alpha value is -1.99. The minimum atomic E-state index is -0.326. The number of rotatable bonds is 5. The van der Waals surface area contributed by atoms with Crippen LogP contribution in [0, 0.1) is 24.6 Å². The van der Waals surface area contributed by atoms with E-state index in [1.807, 2.05) is 14.0 Å². The fourth-order valence-electron chi connectivity index (χ4n) is 5.57. The molecule has 0 bridgehead atoms. The molecule has 2 unspecified atom stereocenters. The van der Waals surface area contributed by atoms with Crippen molar-refractivity contribution in [2.45, 2.75) is 58.5 Å². The van der Waals surface area contributed by atoms with E-state index in [0.29, 0.717) is 18.1 Å². The number of halogens is 1. The van der Waals surface area contributed by atoms with Gasteiger partial charge in [-0.15, -0.1) is 0 Å². The van der Waals surface area contributed by atoms with Gasteiger partial charge in [-0.3, -0.25) is 14.5 Å². The lowest BCUT2D eigenvalue weighted by Crippen LogP contribution is -2.54. The topological polar surface area (TPSA) is 55.9 Å². The van der Waals surface area contributed by atoms with E-state index in [4.69, 9.17) is 0 Å². The Kier molecular flexibility index (Phi) is 7.15. The average Bonchev–Trinajstić information content (AvgIpc) is 3.43. The fourth-order valence-corrected chi connectivity index (χ4v) is 5.57. The maximum Gasteiger partial charge on any atom is 0.228 e. The number of likely N-dealkylation sites (tertiary alicyclic amines) is 1. The molecule has 1 aromatic carbocycles. The lowest BCUT2D eigenvalue weighted by Gasteiger charge is -2.41. The van der Waals surface area contributed by atoms with Crippen LogP contribution in [0.4, 0.5) is 10.1 Å². The number of nitrogens with zero attached hydrogens (tertiary/aromatic N) is 3. The Morgan fingerprint density at radius 3 is 2.47 bits per heavy atom. The van der Waals surface area contributed by atoms with Crippen molar-refractivity contribution in [2.75, 3.05) is 45.1 Å². The zero-order chi connectivity index (χ0) is 22.8. The lowest BCUT2D eigenvalue weighted by molar-refractivity contribution is -0.140. The highest BCUT2D eigenvalue weighted by molar-refractivity contribution is 5.93. The number of carbonyl (C=O) groups excluding carboxylic acids is 2. The van der Waals surface area contributed by atoms with Crippen molar-refractivity contribution >= 4 is 17.5 Å². The van der Waals surface area contributed by atoms with Crippen LogP contribution in [0.3, 0.4) is 0 Å². The third-order valence-electron chi connectivity index (χ3n) is 7.59. The molecule has 0 radical (unpaired) electrons. The zero-order valence-corrected chi connectivity index (χ0v) is 19.7. The quantitative estimate of drug-likeness (QED) is 0.758. The minimum Gasteiger partial charge on any atom is -0.337 e. The fraction of sp³-hybridized carbons (Fsp3) is 0.680. The molecule has 1 N–H and O–H groups in total. The van der Waals surface area contributed by atoms with Crippen molar-refractivity contribution < 1.29 is 14.0 Å². The van der Waals surface area contributed by atoms with Crippen LogP contribution in [0.1, 0.15) is 50.2 Å². The standard InChI is InChI=1S/C25H37FN4O2/c1-17-14-29(10-11-30(17)25(32)19-6-4-5-7-19)16-21-12-22(26)13-23(18(21)2)27-24(31)20-8-9-28(3)15-20/h12-13,17,19-20H,4-11,14-16H2,1-3H3,(H,27,31). The predicted molar refractivity (Wildman–Crippen MR) is 124 cm³/mol. The summed E-state index contributed by atoms with van der Waals surface area (Å²) >= 11 is 0. The maximum atomic E-state index is 14.4. The number of amides is 2. The van der Waals surface area contributed by atoms with Gasteiger partial charge in [0.2, 0.25) is 11.8 Å². The van der Waals surface area contributed by atoms with Crippen molar-refractivity contribution in [1.29, 1.82) is 0 Å². The van der Waals surface area contributed by atoms with E-state index < -0.39 is 0 Å². The van der Waals surface area contributed by atoms with Crippen LogP contribution in [0.5, 0.6) is 0 Å². The summed E-state index contributed by atoms with van der Waals surface area (Å²) in [4.78, 5) is 32.0. The van der Waals surface area contributed by atoms with Crippen LogP contribution in [0.2, 0.25) is 0 Å². The van der Waals surface area contributed by atoms with E-state index in [9.17, 15) is 14.0 Å². The van der Waals surface area contributed by atoms with Gasteiger partial charge < -0.3 is 15.1 Å². The molecule has 3 fully saturated rings. The molecule has 2 amide bonds. The van der Waals surface area contributed by atoms with Crippen molar-refractivity contribution in [3.05, 3.63) is 29.1 Å². The van der Waals surface area contributed by atoms with Crippen LogP contribution in [-0.2, 0) is 16.1 Å². The average molecular weight is 445 g/mol. The van der Waals surface area contributed by atoms with E-state index in [0.717, 1.165) is 63.1 Å². The Balaban J connectivity index is 1.39. The first-order chi connectivity index (χ1) is 15.3. The Labute approximate surface area is 191 Å². The smallest absolute Gasteiger partial charge is 0.228 e. The minimum absolute atomic E-state index is 0.0262. The first-order valence-electron chi connectivity index (χ1n) is 12.1. The van der Waals surface area contributed by atoms with Crippen molar-refractivity contribution in [2.24, 2.45) is 11.8 Å². The summed E-state index contributed by atoms with van der Waals surface area (Å²) in [6.45, 7) is 8.64. The number of hydrogen-bond acceptors (Lipinski definition) is 4. The predicted octanol–water partition coefficient (Wildman–Crippen LogP) is 3.25. The van der Waals surface area contributed by atoms with Crippen LogP contribution >= 0.6 is 0 Å². The van der Waals surface area contributed by atoms with Crippen molar-refractivity contribution in [1.82, 2.24) is 14.7 Å². The second-order valence-corrected chi connectivity index (χ2v) is 10.1. The number of piperazine rings is 1. The van der Waals surface area contributed by atoms with E-state index in [1.165, 1.54) is 18.9 Å². The van der Waals surface area contributed by atoms with Crippen molar-refractivity contribution in [3.8, 4) is 0 Å². The summed E-state index contributed by atoms with van der Waals surface area (Å²) in [6, 6.07) is 3.16. The molecule has 32 heavy (non-hydrogen) atoms. The van der Waals surface area contributed by atoms with Gasteiger partial charge >= 0.3 is 0 Å². The molecule has 1 aromatic rings. The molecule has 2 aliphatic heterocycles. The molecule has 2 saturated heterocycles. The first-order valence-corrected chi connectivity index (χ1v) is 12.1. The van der Waals surface area contributed by atoms with Crippen LogP contribution in [0.15, 0.2) is 12.1 Å². The van der Waals surface area contributed by atoms with E-state index in [1.54, 1.807) is 6.07 Å². The third kappa shape index (κ3) is 5.15. The van der Waals surface area contributed by atoms with Gasteiger partial charge in [-0.2, -0.15) is 0 Å². The van der Waals surface area contributed by atoms with Gasteiger partial charge in [-0.05, 0) is 70.0 Å². The summed E-state index contributed by atoms with van der Waals surface area (Å²) in [7, 11) is 2.01. The SMILES string of the molecule is Cc1c(CN2CCN(C(=O)C3CCCC3)C(C)C2)cc(F)cc1NC(=O)C1CCN(C)C1. The molecule has 6 nitrogen and oxygen atoms in total. The Morgan fingerprint density at radius 2 is 1.81 bits per heavy atom. The van der Waals surface area contributed by atoms with Gasteiger partial charge in [-0.25, -0.2) is 4.39 Å². The monoisotopic (exact) mass is 444 g/mol. The molecule has 1 saturated carbocycles. The van der Waals surface area contributed by atoms with Gasteiger partial charge in [0, 0.05) is 50.4 Å². The van der Waals surface area contributed by atoms with Crippen LogP contribution in [0.25, 0.3) is 0 Å². The largest absolute Gasteiger partial charge is 0.337 e. The summed E-state index contributed by atoms with van der Waals surface area (Å²) in [5.74, 6) is 0.131. The van der Waals surface area contributed by atoms with Crippen molar-refractivity contribution in [3.63, 3.8) is 0 Å². The Bertz CT molecular complexity index is 855. The summed E-state index contributed by atoms with van der Waals surface area (Å²) in [5.41, 5.74) is 2.39. The molecular formula is C25H37FN4O2. The number of benzene rings is 1. The highest BCUT2D eigenvalue weighted by atomic mass is 19.1. The van der Waals surface area contributed by atoms with Gasteiger partial charge in [0.05, 0.1) is 5.92 Å². The molecule has 3 aliphatic rings. The molecule has 1 aliphatic carbocycles. The molecule has 2 heterocycles. The molecule has 7 heteroatoms. The third-order valence-corrected chi connectivity index (χ3v) is 7.59. The number of hydrogen-bond donors (Lipinski definition) is 1. The second kappa shape index (κ2) is 9.87. The molecule has 2 atom stereocenters. The van der Waals surface area contributed by atoms with E-state index in [2.05, 4.69) is 26.9 Å². The van der Waals surface area contributed by atoms with Gasteiger partial charge in [0.1, 0.15) is 5.82 Å². The van der Waals surface area contributed by atoms with E-state index in [-0.39, 0.29) is 29.6 Å². The molecule has 176 valence electrons. The molecule has 0 aromatic heterocycles. The Morgan fingerprint density at radius 1 is 1.06 bits per heavy atom. The normalized spacial score (nSPS) is 25.4. The second-order valence-electron chi connectivity index (χ2n) is 10.1. The van der Waals surface area contributed by atoms with Crippen LogP contribution < -0.4 is 5.32 Å². The zero-order valence-electron chi connectivity index (χ0n) is 19.7. The highest BCUT2D eigenvalue weighted by Crippen LogP contribution is 2.29. The van der Waals surface area contributed by atoms with Gasteiger partial charge in [-0.1, -0.05) is 12.8 Å². The summed E-state index contributed by atoms with van der Waals surface area (Å²) in [5, 5.41) is 2.98. The van der Waals surface area contributed by atoms with E-state index >= 15 is 0 Å². The molecule has 0 spiro atoms. The molecular weight excluding hydrogens is 407 g/mol. The number of anilines is 1. The van der Waals surface area contributed by atoms with Gasteiger partial charge in [0.15, 0.2) is 0 Å². The van der Waals surface area contributed by atoms with Crippen LogP contribution in [-0.4, -0.2) is 72.3 Å². The lowest BCUT2D eigenvalue weighted by atomic mass is 10.0. The maximum absolute atomic E-state index is 14.4. The summed E-state index contributed by atoms with van der Waals surface area (Å²) in [6.07, 6.45) is 5.23. The number of carbonyl (C=O) groups is 2. The number of nitrogens with one attached hydrogen (secondary N) is 1. The summed E-state index contributed by atoms with van der Waals surface area (Å²) < 4.78 is 14.4. The highest BCUT2D eigenvalue weighted by Gasteiger charge is 2.33. The molecule has 4 rings (SSSR count). The van der Waals surface area contributed by atoms with Gasteiger partial charge in [0.25, 0.3) is 0 Å². The first kappa shape index (κ1) is 23.2.